The second kappa shape index (κ2) is 3.74. The molecule has 0 amide bonds. The maximum absolute atomic E-state index is 5.79. The molecule has 2 nitrogen and oxygen atoms in total. The molecule has 1 rings (SSSR count). The molecule has 0 aromatic heterocycles. The van der Waals surface area contributed by atoms with Crippen molar-refractivity contribution in [2.45, 2.75) is 37.8 Å². The summed E-state index contributed by atoms with van der Waals surface area (Å²) in [6, 6.07) is 0.426. The number of rotatable bonds is 0. The summed E-state index contributed by atoms with van der Waals surface area (Å²) in [5.74, 6) is 0. The van der Waals surface area contributed by atoms with E-state index in [0.29, 0.717) is 0 Å². The van der Waals surface area contributed by atoms with Crippen LogP contribution in [0.4, 0.5) is 0 Å². The summed E-state index contributed by atoms with van der Waals surface area (Å²) in [6.45, 7) is 0. The Morgan fingerprint density at radius 3 is 1.70 bits per heavy atom. The molecule has 0 aromatic carbocycles. The van der Waals surface area contributed by atoms with Crippen LogP contribution in [-0.2, 0) is 0 Å². The number of hydrogen-bond acceptors (Lipinski definition) is 2. The lowest BCUT2D eigenvalue weighted by molar-refractivity contribution is 0.468. The van der Waals surface area contributed by atoms with E-state index >= 15 is 0 Å². The Morgan fingerprint density at radius 2 is 1.30 bits per heavy atom. The molecule has 2 atom stereocenters. The van der Waals surface area contributed by atoms with E-state index in [1.165, 1.54) is 0 Å². The van der Waals surface area contributed by atoms with Crippen molar-refractivity contribution < 1.29 is 0 Å². The molecule has 0 fully saturated rings. The van der Waals surface area contributed by atoms with E-state index in [9.17, 15) is 0 Å². The Kier molecular flexibility index (Phi) is 2.90. The minimum absolute atomic E-state index is 0.213. The average Bonchev–Trinajstić information content (AvgIpc) is 1.92. The second-order valence-electron chi connectivity index (χ2n) is 2.95. The highest BCUT2D eigenvalue weighted by Gasteiger charge is 2.12. The van der Waals surface area contributed by atoms with E-state index in [4.69, 9.17) is 11.5 Å². The Hall–Kier alpha value is -0.340. The first-order chi connectivity index (χ1) is 4.80. The van der Waals surface area contributed by atoms with Crippen LogP contribution in [0.2, 0.25) is 0 Å². The molecule has 0 bridgehead atoms. The van der Waals surface area contributed by atoms with Crippen molar-refractivity contribution in [1.29, 1.82) is 0 Å². The van der Waals surface area contributed by atoms with Gasteiger partial charge in [0.15, 0.2) is 0 Å². The Morgan fingerprint density at radius 1 is 0.900 bits per heavy atom. The standard InChI is InChI=1S/C8H16N2/c9-7-5-3-1-2-4-6-8(7)10/h1-2,7-8H,3-6,9-10H2/t7-,8-/m1/s1. The summed E-state index contributed by atoms with van der Waals surface area (Å²) >= 11 is 0. The van der Waals surface area contributed by atoms with Crippen molar-refractivity contribution in [3.63, 3.8) is 0 Å². The molecule has 1 aliphatic carbocycles. The van der Waals surface area contributed by atoms with Crippen LogP contribution in [0.1, 0.15) is 25.7 Å². The van der Waals surface area contributed by atoms with Crippen LogP contribution in [0.3, 0.4) is 0 Å². The lowest BCUT2D eigenvalue weighted by atomic mass is 9.97. The van der Waals surface area contributed by atoms with Crippen molar-refractivity contribution in [2.24, 2.45) is 11.5 Å². The Labute approximate surface area is 62.3 Å². The SMILES string of the molecule is N[C@@H]1CCC=CCC[C@H]1N. The fourth-order valence-corrected chi connectivity index (χ4v) is 1.24. The smallest absolute Gasteiger partial charge is 0.0195 e. The van der Waals surface area contributed by atoms with Gasteiger partial charge in [0.25, 0.3) is 0 Å². The highest BCUT2D eigenvalue weighted by atomic mass is 14.8. The maximum atomic E-state index is 5.79. The van der Waals surface area contributed by atoms with Gasteiger partial charge >= 0.3 is 0 Å². The van der Waals surface area contributed by atoms with Crippen molar-refractivity contribution in [2.75, 3.05) is 0 Å². The van der Waals surface area contributed by atoms with Crippen LogP contribution < -0.4 is 11.5 Å². The molecule has 4 N–H and O–H groups in total. The molecule has 1 aliphatic rings. The lowest BCUT2D eigenvalue weighted by Gasteiger charge is -2.19. The lowest BCUT2D eigenvalue weighted by Crippen LogP contribution is -2.41. The topological polar surface area (TPSA) is 52.0 Å². The molecular formula is C8H16N2. The molecule has 10 heavy (non-hydrogen) atoms. The van der Waals surface area contributed by atoms with Gasteiger partial charge in [-0.1, -0.05) is 12.2 Å². The van der Waals surface area contributed by atoms with Crippen LogP contribution >= 0.6 is 0 Å². The van der Waals surface area contributed by atoms with Gasteiger partial charge in [-0.2, -0.15) is 0 Å². The van der Waals surface area contributed by atoms with Gasteiger partial charge in [-0.3, -0.25) is 0 Å². The molecule has 0 saturated carbocycles. The third-order valence-electron chi connectivity index (χ3n) is 2.05. The largest absolute Gasteiger partial charge is 0.326 e. The van der Waals surface area contributed by atoms with Crippen LogP contribution in [0.15, 0.2) is 12.2 Å². The average molecular weight is 140 g/mol. The fourth-order valence-electron chi connectivity index (χ4n) is 1.24. The molecule has 0 aromatic rings. The molecule has 58 valence electrons. The van der Waals surface area contributed by atoms with E-state index in [2.05, 4.69) is 12.2 Å². The number of allylic oxidation sites excluding steroid dienone is 2. The Balaban J connectivity index is 2.40. The molecule has 2 heteroatoms. The zero-order chi connectivity index (χ0) is 7.40. The molecule has 0 radical (unpaired) electrons. The summed E-state index contributed by atoms with van der Waals surface area (Å²) in [5, 5.41) is 0. The first-order valence-electron chi connectivity index (χ1n) is 3.97. The van der Waals surface area contributed by atoms with Gasteiger partial charge < -0.3 is 11.5 Å². The van der Waals surface area contributed by atoms with E-state index in [0.717, 1.165) is 25.7 Å². The molecule has 0 unspecified atom stereocenters. The van der Waals surface area contributed by atoms with Crippen LogP contribution in [-0.4, -0.2) is 12.1 Å². The van der Waals surface area contributed by atoms with Gasteiger partial charge in [-0.25, -0.2) is 0 Å². The highest BCUT2D eigenvalue weighted by molar-refractivity contribution is 4.90. The molecule has 0 heterocycles. The maximum Gasteiger partial charge on any atom is 0.0195 e. The van der Waals surface area contributed by atoms with Gasteiger partial charge in [-0.05, 0) is 25.7 Å². The number of nitrogens with two attached hydrogens (primary N) is 2. The van der Waals surface area contributed by atoms with E-state index in [-0.39, 0.29) is 12.1 Å². The van der Waals surface area contributed by atoms with Crippen molar-refractivity contribution in [1.82, 2.24) is 0 Å². The van der Waals surface area contributed by atoms with E-state index in [1.54, 1.807) is 0 Å². The van der Waals surface area contributed by atoms with Crippen molar-refractivity contribution in [3.05, 3.63) is 12.2 Å². The molecule has 0 saturated heterocycles. The Bertz CT molecular complexity index is 106. The zero-order valence-corrected chi connectivity index (χ0v) is 6.29. The van der Waals surface area contributed by atoms with Crippen LogP contribution in [0, 0.1) is 0 Å². The second-order valence-corrected chi connectivity index (χ2v) is 2.95. The summed E-state index contributed by atoms with van der Waals surface area (Å²) < 4.78 is 0. The van der Waals surface area contributed by atoms with Crippen molar-refractivity contribution >= 4 is 0 Å². The zero-order valence-electron chi connectivity index (χ0n) is 6.29. The molecule has 0 aliphatic heterocycles. The molecular weight excluding hydrogens is 124 g/mol. The predicted octanol–water partition coefficient (Wildman–Crippen LogP) is 0.771. The third kappa shape index (κ3) is 2.12. The van der Waals surface area contributed by atoms with Gasteiger partial charge in [0.05, 0.1) is 0 Å². The summed E-state index contributed by atoms with van der Waals surface area (Å²) in [6.07, 6.45) is 8.66. The fraction of sp³-hybridized carbons (Fsp3) is 0.750. The predicted molar refractivity (Wildman–Crippen MR) is 43.6 cm³/mol. The van der Waals surface area contributed by atoms with Gasteiger partial charge in [0, 0.05) is 12.1 Å². The van der Waals surface area contributed by atoms with Crippen LogP contribution in [0.5, 0.6) is 0 Å². The first kappa shape index (κ1) is 7.76. The van der Waals surface area contributed by atoms with Gasteiger partial charge in [0.1, 0.15) is 0 Å². The first-order valence-corrected chi connectivity index (χ1v) is 3.97. The monoisotopic (exact) mass is 140 g/mol. The molecule has 0 spiro atoms. The third-order valence-corrected chi connectivity index (χ3v) is 2.05. The van der Waals surface area contributed by atoms with Crippen LogP contribution in [0.25, 0.3) is 0 Å². The quantitative estimate of drug-likeness (QED) is 0.488. The van der Waals surface area contributed by atoms with Gasteiger partial charge in [0.2, 0.25) is 0 Å². The van der Waals surface area contributed by atoms with Crippen molar-refractivity contribution in [3.8, 4) is 0 Å². The highest BCUT2D eigenvalue weighted by Crippen LogP contribution is 2.09. The summed E-state index contributed by atoms with van der Waals surface area (Å²) in [4.78, 5) is 0. The minimum Gasteiger partial charge on any atom is -0.326 e. The van der Waals surface area contributed by atoms with E-state index < -0.39 is 0 Å². The van der Waals surface area contributed by atoms with Gasteiger partial charge in [-0.15, -0.1) is 0 Å². The minimum atomic E-state index is 0.213. The summed E-state index contributed by atoms with van der Waals surface area (Å²) in [7, 11) is 0. The normalized spacial score (nSPS) is 35.0. The number of hydrogen-bond donors (Lipinski definition) is 2. The van der Waals surface area contributed by atoms with E-state index in [1.807, 2.05) is 0 Å². The summed E-state index contributed by atoms with van der Waals surface area (Å²) in [5.41, 5.74) is 11.6.